The average Bonchev–Trinajstić information content (AvgIpc) is 3.16. The summed E-state index contributed by atoms with van der Waals surface area (Å²) in [7, 11) is 0. The minimum atomic E-state index is -0.530. The number of hydrogen-bond acceptors (Lipinski definition) is 6. The average molecular weight is 345 g/mol. The molecular weight excluding hydrogens is 330 g/mol. The summed E-state index contributed by atoms with van der Waals surface area (Å²) < 4.78 is 10.5. The summed E-state index contributed by atoms with van der Waals surface area (Å²) in [6.07, 6.45) is 1.59. The highest BCUT2D eigenvalue weighted by molar-refractivity contribution is 5.90. The third-order valence-corrected chi connectivity index (χ3v) is 3.46. The summed E-state index contributed by atoms with van der Waals surface area (Å²) in [4.78, 5) is 11.7. The van der Waals surface area contributed by atoms with E-state index in [0.29, 0.717) is 17.1 Å². The van der Waals surface area contributed by atoms with Crippen LogP contribution in [0.25, 0.3) is 11.3 Å². The number of para-hydroxylation sites is 1. The van der Waals surface area contributed by atoms with E-state index in [1.807, 2.05) is 36.4 Å². The molecule has 0 radical (unpaired) electrons. The highest BCUT2D eigenvalue weighted by atomic mass is 16.5. The number of ether oxygens (including phenoxy) is 1. The van der Waals surface area contributed by atoms with Crippen LogP contribution >= 0.6 is 0 Å². The molecule has 0 fully saturated rings. The van der Waals surface area contributed by atoms with Crippen LogP contribution in [0, 0.1) is 11.3 Å². The van der Waals surface area contributed by atoms with E-state index in [4.69, 9.17) is 14.4 Å². The quantitative estimate of drug-likeness (QED) is 0.413. The lowest BCUT2D eigenvalue weighted by Gasteiger charge is -2.01. The fourth-order valence-corrected chi connectivity index (χ4v) is 2.21. The topological polar surface area (TPSA) is 87.6 Å². The number of esters is 1. The molecule has 2 aromatic carbocycles. The molecule has 0 saturated carbocycles. The molecule has 1 aromatic heterocycles. The molecule has 0 aliphatic rings. The lowest BCUT2D eigenvalue weighted by atomic mass is 10.1. The monoisotopic (exact) mass is 345 g/mol. The van der Waals surface area contributed by atoms with E-state index < -0.39 is 5.97 Å². The van der Waals surface area contributed by atoms with Crippen molar-refractivity contribution in [3.05, 3.63) is 78.1 Å². The van der Waals surface area contributed by atoms with Crippen molar-refractivity contribution in [2.45, 2.75) is 0 Å². The Morgan fingerprint density at radius 1 is 1.12 bits per heavy atom. The van der Waals surface area contributed by atoms with E-state index in [1.165, 1.54) is 0 Å². The van der Waals surface area contributed by atoms with Crippen LogP contribution in [0.1, 0.15) is 16.1 Å². The summed E-state index contributed by atoms with van der Waals surface area (Å²) >= 11 is 0. The van der Waals surface area contributed by atoms with Gasteiger partial charge in [0, 0.05) is 5.56 Å². The highest BCUT2D eigenvalue weighted by Gasteiger charge is 2.08. The predicted octanol–water partition coefficient (Wildman–Crippen LogP) is 4.07. The second kappa shape index (κ2) is 8.31. The van der Waals surface area contributed by atoms with Gasteiger partial charge in [-0.25, -0.2) is 4.79 Å². The number of hydrazone groups is 1. The van der Waals surface area contributed by atoms with Crippen LogP contribution in [0.4, 0.5) is 5.69 Å². The number of nitrogens with one attached hydrogen (secondary N) is 1. The summed E-state index contributed by atoms with van der Waals surface area (Å²) in [5, 5.41) is 12.6. The van der Waals surface area contributed by atoms with E-state index in [9.17, 15) is 4.79 Å². The van der Waals surface area contributed by atoms with Gasteiger partial charge >= 0.3 is 5.97 Å². The predicted molar refractivity (Wildman–Crippen MR) is 97.7 cm³/mol. The molecule has 6 heteroatoms. The maximum Gasteiger partial charge on any atom is 0.339 e. The lowest BCUT2D eigenvalue weighted by Crippen LogP contribution is -2.04. The summed E-state index contributed by atoms with van der Waals surface area (Å²) in [5.74, 6) is 0.724. The second-order valence-corrected chi connectivity index (χ2v) is 5.25. The molecule has 0 aliphatic carbocycles. The smallest absolute Gasteiger partial charge is 0.339 e. The van der Waals surface area contributed by atoms with Crippen molar-refractivity contribution in [3.63, 3.8) is 0 Å². The van der Waals surface area contributed by atoms with Gasteiger partial charge in [-0.3, -0.25) is 5.43 Å². The summed E-state index contributed by atoms with van der Waals surface area (Å²) in [6, 6.07) is 21.7. The first-order valence-electron chi connectivity index (χ1n) is 7.85. The Morgan fingerprint density at radius 2 is 1.88 bits per heavy atom. The molecule has 3 aromatic rings. The maximum atomic E-state index is 11.7. The van der Waals surface area contributed by atoms with Gasteiger partial charge in [-0.1, -0.05) is 30.3 Å². The number of furan rings is 1. The van der Waals surface area contributed by atoms with Crippen LogP contribution in [0.3, 0.4) is 0 Å². The first-order valence-corrected chi connectivity index (χ1v) is 7.85. The summed E-state index contributed by atoms with van der Waals surface area (Å²) in [6.45, 7) is -0.265. The van der Waals surface area contributed by atoms with Crippen LogP contribution < -0.4 is 5.43 Å². The van der Waals surface area contributed by atoms with Gasteiger partial charge < -0.3 is 9.15 Å². The molecule has 0 amide bonds. The third-order valence-electron chi connectivity index (χ3n) is 3.46. The minimum Gasteiger partial charge on any atom is -0.455 e. The van der Waals surface area contributed by atoms with E-state index in [0.717, 1.165) is 11.3 Å². The number of nitriles is 1. The van der Waals surface area contributed by atoms with E-state index in [-0.39, 0.29) is 6.61 Å². The zero-order valence-electron chi connectivity index (χ0n) is 13.8. The number of anilines is 1. The van der Waals surface area contributed by atoms with Crippen LogP contribution in [0.15, 0.2) is 76.2 Å². The molecule has 0 saturated heterocycles. The Labute approximate surface area is 150 Å². The Hall–Kier alpha value is -3.85. The Kier molecular flexibility index (Phi) is 5.43. The second-order valence-electron chi connectivity index (χ2n) is 5.25. The maximum absolute atomic E-state index is 11.7. The molecule has 1 N–H and O–H groups in total. The molecule has 26 heavy (non-hydrogen) atoms. The van der Waals surface area contributed by atoms with Gasteiger partial charge in [0.2, 0.25) is 0 Å². The molecule has 0 atom stereocenters. The van der Waals surface area contributed by atoms with Gasteiger partial charge in [-0.2, -0.15) is 10.4 Å². The van der Waals surface area contributed by atoms with Gasteiger partial charge in [-0.05, 0) is 36.4 Å². The van der Waals surface area contributed by atoms with Crippen molar-refractivity contribution in [3.8, 4) is 17.4 Å². The van der Waals surface area contributed by atoms with Crippen molar-refractivity contribution in [1.82, 2.24) is 0 Å². The minimum absolute atomic E-state index is 0.265. The highest BCUT2D eigenvalue weighted by Crippen LogP contribution is 2.22. The number of carbonyl (C=O) groups excluding carboxylic acids is 1. The number of benzene rings is 2. The summed E-state index contributed by atoms with van der Waals surface area (Å²) in [5.41, 5.74) is 4.99. The van der Waals surface area contributed by atoms with Gasteiger partial charge in [0.1, 0.15) is 17.6 Å². The van der Waals surface area contributed by atoms with Gasteiger partial charge in [0.05, 0.1) is 17.5 Å². The van der Waals surface area contributed by atoms with Gasteiger partial charge in [-0.15, -0.1) is 0 Å². The van der Waals surface area contributed by atoms with Gasteiger partial charge in [0.15, 0.2) is 6.61 Å². The Morgan fingerprint density at radius 3 is 2.62 bits per heavy atom. The molecule has 6 nitrogen and oxygen atoms in total. The van der Waals surface area contributed by atoms with Crippen LogP contribution in [0.5, 0.6) is 0 Å². The van der Waals surface area contributed by atoms with E-state index >= 15 is 0 Å². The van der Waals surface area contributed by atoms with Crippen molar-refractivity contribution < 1.29 is 13.9 Å². The van der Waals surface area contributed by atoms with Crippen LogP contribution in [-0.2, 0) is 4.74 Å². The largest absolute Gasteiger partial charge is 0.455 e. The molecular formula is C20H15N3O3. The first-order chi connectivity index (χ1) is 12.8. The van der Waals surface area contributed by atoms with Crippen LogP contribution in [-0.4, -0.2) is 18.8 Å². The number of rotatable bonds is 6. The third kappa shape index (κ3) is 4.36. The lowest BCUT2D eigenvalue weighted by molar-refractivity contribution is 0.0555. The van der Waals surface area contributed by atoms with Crippen molar-refractivity contribution in [2.75, 3.05) is 12.0 Å². The normalized spacial score (nSPS) is 10.4. The molecule has 3 rings (SSSR count). The molecule has 1 heterocycles. The number of nitrogens with zero attached hydrogens (tertiary/aromatic N) is 2. The standard InChI is InChI=1S/C20H15N3O3/c21-12-13-25-20(24)16-8-6-15(7-9-16)19-11-10-18(26-19)14-22-23-17-4-2-1-3-5-17/h1-11,14,23H,13H2. The fourth-order valence-electron chi connectivity index (χ4n) is 2.21. The van der Waals surface area contributed by atoms with Crippen molar-refractivity contribution >= 4 is 17.9 Å². The van der Waals surface area contributed by atoms with Crippen molar-refractivity contribution in [1.29, 1.82) is 5.26 Å². The molecule has 0 aliphatic heterocycles. The molecule has 0 spiro atoms. The Bertz CT molecular complexity index is 938. The fraction of sp³-hybridized carbons (Fsp3) is 0.0500. The SMILES string of the molecule is N#CCOC(=O)c1ccc(-c2ccc(C=NNc3ccccc3)o2)cc1. The van der Waals surface area contributed by atoms with E-state index in [2.05, 4.69) is 10.5 Å². The molecule has 0 unspecified atom stereocenters. The zero-order chi connectivity index (χ0) is 18.2. The van der Waals surface area contributed by atoms with Crippen LogP contribution in [0.2, 0.25) is 0 Å². The van der Waals surface area contributed by atoms with E-state index in [1.54, 1.807) is 42.6 Å². The van der Waals surface area contributed by atoms with Gasteiger partial charge in [0.25, 0.3) is 0 Å². The molecule has 0 bridgehead atoms. The zero-order valence-corrected chi connectivity index (χ0v) is 13.8. The molecule has 128 valence electrons. The Balaban J connectivity index is 1.64. The number of carbonyl (C=O) groups is 1. The number of hydrogen-bond donors (Lipinski definition) is 1. The first kappa shape index (κ1) is 17.0. The van der Waals surface area contributed by atoms with Crippen molar-refractivity contribution in [2.24, 2.45) is 5.10 Å².